The van der Waals surface area contributed by atoms with Gasteiger partial charge in [0.2, 0.25) is 5.82 Å². The van der Waals surface area contributed by atoms with Gasteiger partial charge < -0.3 is 4.57 Å². The number of hydrogen-bond acceptors (Lipinski definition) is 6. The van der Waals surface area contributed by atoms with E-state index in [0.717, 1.165) is 53.0 Å². The minimum atomic E-state index is -0.205. The van der Waals surface area contributed by atoms with E-state index >= 15 is 0 Å². The fraction of sp³-hybridized carbons (Fsp3) is 0.333. The Hall–Kier alpha value is -4.14. The Morgan fingerprint density at radius 2 is 1.72 bits per heavy atom. The molecular weight excluding hydrogens is 452 g/mol. The van der Waals surface area contributed by atoms with E-state index in [-0.39, 0.29) is 11.0 Å². The minimum Gasteiger partial charge on any atom is -0.319 e. The van der Waals surface area contributed by atoms with Gasteiger partial charge in [-0.15, -0.1) is 10.2 Å². The van der Waals surface area contributed by atoms with Gasteiger partial charge in [0.15, 0.2) is 0 Å². The lowest BCUT2D eigenvalue weighted by Crippen LogP contribution is -2.18. The Balaban J connectivity index is 1.54. The number of aromatic amines is 2. The maximum absolute atomic E-state index is 12.9. The second-order valence-corrected chi connectivity index (χ2v) is 10.3. The highest BCUT2D eigenvalue weighted by Crippen LogP contribution is 2.30. The lowest BCUT2D eigenvalue weighted by molar-refractivity contribution is 0.394. The van der Waals surface area contributed by atoms with Crippen LogP contribution in [0.5, 0.6) is 0 Å². The summed E-state index contributed by atoms with van der Waals surface area (Å²) < 4.78 is 2.06. The summed E-state index contributed by atoms with van der Waals surface area (Å²) in [6, 6.07) is 16.4. The number of fused-ring (bicyclic) bond motifs is 1. The molecule has 2 N–H and O–H groups in total. The fourth-order valence-corrected chi connectivity index (χ4v) is 4.52. The number of imidazole rings is 1. The Kier molecular flexibility index (Phi) is 6.22. The average Bonchev–Trinajstić information content (AvgIpc) is 3.50. The molecule has 0 aliphatic rings. The standard InChI is InChI=1S/C27H30N8O/c1-5-8-21-23-24(26(36)32-29-21)35(22(28-23)15-27(2,3)4)16-17-11-13-18(14-12-17)19-9-6-7-10-20(19)25-30-33-34-31-25/h6-7,9-14H,5,8,15-16H2,1-4H3,(H,32,36)(H,30,31,33,34). The van der Waals surface area contributed by atoms with Crippen LogP contribution in [0, 0.1) is 5.41 Å². The summed E-state index contributed by atoms with van der Waals surface area (Å²) in [7, 11) is 0. The average molecular weight is 483 g/mol. The van der Waals surface area contributed by atoms with Crippen molar-refractivity contribution in [1.29, 1.82) is 0 Å². The molecule has 0 aliphatic carbocycles. The van der Waals surface area contributed by atoms with E-state index in [1.54, 1.807) is 0 Å². The number of tetrazole rings is 1. The van der Waals surface area contributed by atoms with Gasteiger partial charge in [-0.1, -0.05) is 82.6 Å². The summed E-state index contributed by atoms with van der Waals surface area (Å²) in [5.41, 5.74) is 6.04. The van der Waals surface area contributed by atoms with Crippen LogP contribution < -0.4 is 5.56 Å². The molecule has 0 saturated carbocycles. The van der Waals surface area contributed by atoms with Crippen LogP contribution in [0.1, 0.15) is 51.2 Å². The SMILES string of the molecule is CCCc1n[nH]c(=O)c2c1nc(CC(C)(C)C)n2Cc1ccc(-c2ccccc2-c2nn[nH]n2)cc1. The van der Waals surface area contributed by atoms with Crippen LogP contribution in [0.15, 0.2) is 53.3 Å². The van der Waals surface area contributed by atoms with Crippen LogP contribution in [-0.4, -0.2) is 40.4 Å². The van der Waals surface area contributed by atoms with Crippen LogP contribution >= 0.6 is 0 Å². The summed E-state index contributed by atoms with van der Waals surface area (Å²) >= 11 is 0. The number of H-pyrrole nitrogens is 2. The van der Waals surface area contributed by atoms with Crippen LogP contribution in [0.2, 0.25) is 0 Å². The monoisotopic (exact) mass is 482 g/mol. The zero-order valence-electron chi connectivity index (χ0n) is 21.0. The predicted octanol–water partition coefficient (Wildman–Crippen LogP) is 4.56. The molecule has 36 heavy (non-hydrogen) atoms. The molecule has 3 aromatic heterocycles. The predicted molar refractivity (Wildman–Crippen MR) is 139 cm³/mol. The summed E-state index contributed by atoms with van der Waals surface area (Å²) in [4.78, 5) is 17.9. The van der Waals surface area contributed by atoms with Crippen molar-refractivity contribution in [2.24, 2.45) is 5.41 Å². The van der Waals surface area contributed by atoms with Crippen molar-refractivity contribution in [3.8, 4) is 22.5 Å². The highest BCUT2D eigenvalue weighted by Gasteiger charge is 2.22. The van der Waals surface area contributed by atoms with Gasteiger partial charge in [0.25, 0.3) is 5.56 Å². The summed E-state index contributed by atoms with van der Waals surface area (Å²) in [6.45, 7) is 9.20. The molecule has 0 aliphatic heterocycles. The maximum Gasteiger partial charge on any atom is 0.290 e. The van der Waals surface area contributed by atoms with Crippen LogP contribution in [0.3, 0.4) is 0 Å². The third kappa shape index (κ3) is 4.68. The van der Waals surface area contributed by atoms with E-state index in [1.165, 1.54) is 0 Å². The molecule has 2 aromatic carbocycles. The highest BCUT2D eigenvalue weighted by atomic mass is 16.1. The van der Waals surface area contributed by atoms with Gasteiger partial charge in [0.1, 0.15) is 16.9 Å². The Morgan fingerprint density at radius 3 is 2.39 bits per heavy atom. The van der Waals surface area contributed by atoms with E-state index in [9.17, 15) is 4.79 Å². The number of nitrogens with one attached hydrogen (secondary N) is 2. The van der Waals surface area contributed by atoms with Crippen molar-refractivity contribution < 1.29 is 0 Å². The second-order valence-electron chi connectivity index (χ2n) is 10.3. The van der Waals surface area contributed by atoms with E-state index in [1.807, 2.05) is 24.3 Å². The number of rotatable bonds is 7. The van der Waals surface area contributed by atoms with Gasteiger partial charge in [0.05, 0.1) is 5.69 Å². The molecule has 0 atom stereocenters. The van der Waals surface area contributed by atoms with E-state index in [2.05, 4.69) is 87.3 Å². The third-order valence-electron chi connectivity index (χ3n) is 6.12. The molecule has 9 heteroatoms. The summed E-state index contributed by atoms with van der Waals surface area (Å²) in [5, 5.41) is 21.5. The molecular formula is C27H30N8O. The van der Waals surface area contributed by atoms with Gasteiger partial charge in [0, 0.05) is 18.5 Å². The van der Waals surface area contributed by atoms with Gasteiger partial charge in [-0.25, -0.2) is 10.1 Å². The molecule has 0 saturated heterocycles. The first-order valence-corrected chi connectivity index (χ1v) is 12.2. The molecule has 0 amide bonds. The molecule has 0 unspecified atom stereocenters. The van der Waals surface area contributed by atoms with Crippen molar-refractivity contribution in [2.45, 2.75) is 53.5 Å². The first-order valence-electron chi connectivity index (χ1n) is 12.2. The lowest BCUT2D eigenvalue weighted by Gasteiger charge is -2.19. The van der Waals surface area contributed by atoms with Crippen LogP contribution in [0.25, 0.3) is 33.5 Å². The first kappa shape index (κ1) is 23.6. The van der Waals surface area contributed by atoms with Crippen molar-refractivity contribution >= 4 is 11.0 Å². The molecule has 9 nitrogen and oxygen atoms in total. The third-order valence-corrected chi connectivity index (χ3v) is 6.12. The van der Waals surface area contributed by atoms with Gasteiger partial charge in [-0.05, 0) is 33.7 Å². The Bertz CT molecular complexity index is 1540. The van der Waals surface area contributed by atoms with Crippen molar-refractivity contribution in [1.82, 2.24) is 40.4 Å². The maximum atomic E-state index is 12.9. The number of hydrogen-bond donors (Lipinski definition) is 2. The molecule has 5 aromatic rings. The zero-order valence-corrected chi connectivity index (χ0v) is 21.0. The minimum absolute atomic E-state index is 0.0208. The molecule has 0 bridgehead atoms. The fourth-order valence-electron chi connectivity index (χ4n) is 4.52. The van der Waals surface area contributed by atoms with Gasteiger partial charge >= 0.3 is 0 Å². The number of nitrogens with zero attached hydrogens (tertiary/aromatic N) is 6. The van der Waals surface area contributed by atoms with Crippen molar-refractivity contribution in [3.63, 3.8) is 0 Å². The molecule has 0 spiro atoms. The van der Waals surface area contributed by atoms with Gasteiger partial charge in [-0.2, -0.15) is 10.3 Å². The Labute approximate surface area is 209 Å². The van der Waals surface area contributed by atoms with Crippen molar-refractivity contribution in [2.75, 3.05) is 0 Å². The van der Waals surface area contributed by atoms with Crippen LogP contribution in [0.4, 0.5) is 0 Å². The molecule has 184 valence electrons. The second kappa shape index (κ2) is 9.49. The Morgan fingerprint density at radius 1 is 0.972 bits per heavy atom. The summed E-state index contributed by atoms with van der Waals surface area (Å²) in [6.07, 6.45) is 2.46. The van der Waals surface area contributed by atoms with E-state index in [0.29, 0.717) is 23.4 Å². The number of aromatic nitrogens is 8. The molecule has 0 fully saturated rings. The smallest absolute Gasteiger partial charge is 0.290 e. The zero-order chi connectivity index (χ0) is 25.3. The lowest BCUT2D eigenvalue weighted by atomic mass is 9.92. The van der Waals surface area contributed by atoms with Crippen molar-refractivity contribution in [3.05, 3.63) is 76.0 Å². The first-order chi connectivity index (χ1) is 17.3. The summed E-state index contributed by atoms with van der Waals surface area (Å²) in [5.74, 6) is 1.46. The largest absolute Gasteiger partial charge is 0.319 e. The molecule has 5 rings (SSSR count). The number of aryl methyl sites for hydroxylation is 1. The highest BCUT2D eigenvalue weighted by molar-refractivity contribution is 5.80. The van der Waals surface area contributed by atoms with E-state index in [4.69, 9.17) is 4.98 Å². The normalized spacial score (nSPS) is 11.9. The number of benzene rings is 2. The topological polar surface area (TPSA) is 118 Å². The quantitative estimate of drug-likeness (QED) is 0.351. The molecule has 0 radical (unpaired) electrons. The van der Waals surface area contributed by atoms with E-state index < -0.39 is 0 Å². The molecule has 3 heterocycles. The van der Waals surface area contributed by atoms with Gasteiger partial charge in [-0.3, -0.25) is 4.79 Å². The van der Waals surface area contributed by atoms with Crippen LogP contribution in [-0.2, 0) is 19.4 Å².